The number of anilines is 4. The van der Waals surface area contributed by atoms with E-state index in [1.165, 1.54) is 19.3 Å². The highest BCUT2D eigenvalue weighted by molar-refractivity contribution is 6.03. The Labute approximate surface area is 148 Å². The molecule has 0 radical (unpaired) electrons. The zero-order chi connectivity index (χ0) is 18.5. The number of aromatic nitrogens is 3. The van der Waals surface area contributed by atoms with E-state index in [-0.39, 0.29) is 17.5 Å². The first-order valence-corrected chi connectivity index (χ1v) is 7.71. The molecule has 0 saturated heterocycles. The van der Waals surface area contributed by atoms with Crippen LogP contribution < -0.4 is 16.0 Å². The lowest BCUT2D eigenvalue weighted by molar-refractivity contribution is -0.114. The van der Waals surface area contributed by atoms with Gasteiger partial charge in [0.2, 0.25) is 5.91 Å². The molecule has 0 saturated carbocycles. The number of hydrogen-bond donors (Lipinski definition) is 3. The number of aryl methyl sites for hydroxylation is 1. The third-order valence-electron chi connectivity index (χ3n) is 3.25. The zero-order valence-corrected chi connectivity index (χ0v) is 14.1. The summed E-state index contributed by atoms with van der Waals surface area (Å²) in [4.78, 5) is 31.4. The molecule has 3 rings (SSSR count). The van der Waals surface area contributed by atoms with E-state index in [9.17, 15) is 9.59 Å². The smallest absolute Gasteiger partial charge is 0.274 e. The quantitative estimate of drug-likeness (QED) is 0.645. The van der Waals surface area contributed by atoms with Crippen LogP contribution in [0.15, 0.2) is 47.2 Å². The van der Waals surface area contributed by atoms with Crippen LogP contribution >= 0.6 is 0 Å². The first kappa shape index (κ1) is 17.1. The fourth-order valence-electron chi connectivity index (χ4n) is 2.14. The molecule has 2 amide bonds. The SMILES string of the molecule is CC(=O)Nc1ccc(NC(=O)c2cc(Nc3cc(C)on3)ncn2)cc1. The summed E-state index contributed by atoms with van der Waals surface area (Å²) in [6.07, 6.45) is 1.28. The van der Waals surface area contributed by atoms with Crippen molar-refractivity contribution in [1.29, 1.82) is 0 Å². The van der Waals surface area contributed by atoms with Gasteiger partial charge >= 0.3 is 0 Å². The van der Waals surface area contributed by atoms with Crippen molar-refractivity contribution in [2.45, 2.75) is 13.8 Å². The molecule has 0 unspecified atom stereocenters. The Balaban J connectivity index is 1.67. The van der Waals surface area contributed by atoms with Crippen LogP contribution in [0.2, 0.25) is 0 Å². The lowest BCUT2D eigenvalue weighted by atomic mass is 10.2. The first-order valence-electron chi connectivity index (χ1n) is 7.71. The Morgan fingerprint density at radius 2 is 1.65 bits per heavy atom. The molecule has 3 N–H and O–H groups in total. The van der Waals surface area contributed by atoms with Crippen molar-refractivity contribution in [2.24, 2.45) is 0 Å². The van der Waals surface area contributed by atoms with Gasteiger partial charge in [0.1, 0.15) is 23.6 Å². The van der Waals surface area contributed by atoms with Gasteiger partial charge in [-0.25, -0.2) is 9.97 Å². The van der Waals surface area contributed by atoms with Gasteiger partial charge < -0.3 is 20.5 Å². The predicted molar refractivity (Wildman–Crippen MR) is 95.3 cm³/mol. The average Bonchev–Trinajstić information content (AvgIpc) is 3.01. The van der Waals surface area contributed by atoms with Crippen molar-refractivity contribution < 1.29 is 14.1 Å². The van der Waals surface area contributed by atoms with Crippen molar-refractivity contribution >= 4 is 34.8 Å². The van der Waals surface area contributed by atoms with Gasteiger partial charge in [-0.15, -0.1) is 0 Å². The van der Waals surface area contributed by atoms with Crippen LogP contribution in [-0.2, 0) is 4.79 Å². The molecule has 2 aromatic heterocycles. The summed E-state index contributed by atoms with van der Waals surface area (Å²) in [5.74, 6) is 1.01. The molecule has 0 atom stereocenters. The number of rotatable bonds is 5. The summed E-state index contributed by atoms with van der Waals surface area (Å²) in [5, 5.41) is 12.1. The standard InChI is InChI=1S/C17H16N6O3/c1-10-7-16(23-26-10)22-15-8-14(18-9-19-15)17(25)21-13-5-3-12(4-6-13)20-11(2)24/h3-9H,1-2H3,(H,20,24)(H,21,25)(H,18,19,22,23). The number of nitrogens with one attached hydrogen (secondary N) is 3. The second kappa shape index (κ2) is 7.43. The molecule has 0 fully saturated rings. The van der Waals surface area contributed by atoms with E-state index in [1.807, 2.05) is 0 Å². The highest BCUT2D eigenvalue weighted by atomic mass is 16.5. The average molecular weight is 352 g/mol. The lowest BCUT2D eigenvalue weighted by Crippen LogP contribution is -2.14. The molecule has 2 heterocycles. The van der Waals surface area contributed by atoms with Crippen molar-refractivity contribution in [2.75, 3.05) is 16.0 Å². The van der Waals surface area contributed by atoms with E-state index in [0.717, 1.165) is 0 Å². The zero-order valence-electron chi connectivity index (χ0n) is 14.1. The van der Waals surface area contributed by atoms with Gasteiger partial charge in [-0.1, -0.05) is 5.16 Å². The molecule has 132 valence electrons. The van der Waals surface area contributed by atoms with Crippen LogP contribution in [0, 0.1) is 6.92 Å². The van der Waals surface area contributed by atoms with Crippen LogP contribution in [0.3, 0.4) is 0 Å². The van der Waals surface area contributed by atoms with Crippen LogP contribution in [0.4, 0.5) is 23.0 Å². The summed E-state index contributed by atoms with van der Waals surface area (Å²) < 4.78 is 4.97. The molecule has 26 heavy (non-hydrogen) atoms. The van der Waals surface area contributed by atoms with Crippen LogP contribution in [0.5, 0.6) is 0 Å². The second-order valence-corrected chi connectivity index (χ2v) is 5.45. The molecule has 0 aliphatic rings. The Morgan fingerprint density at radius 3 is 2.27 bits per heavy atom. The molecule has 0 bridgehead atoms. The van der Waals surface area contributed by atoms with E-state index >= 15 is 0 Å². The molecular weight excluding hydrogens is 336 g/mol. The summed E-state index contributed by atoms with van der Waals surface area (Å²) in [6.45, 7) is 3.20. The Morgan fingerprint density at radius 1 is 0.962 bits per heavy atom. The predicted octanol–water partition coefficient (Wildman–Crippen LogP) is 2.73. The summed E-state index contributed by atoms with van der Waals surface area (Å²) in [6, 6.07) is 9.96. The maximum atomic E-state index is 12.4. The number of hydrogen-bond acceptors (Lipinski definition) is 7. The highest BCUT2D eigenvalue weighted by Crippen LogP contribution is 2.16. The summed E-state index contributed by atoms with van der Waals surface area (Å²) in [7, 11) is 0. The molecule has 0 spiro atoms. The molecule has 1 aromatic carbocycles. The topological polar surface area (TPSA) is 122 Å². The number of amides is 2. The third-order valence-corrected chi connectivity index (χ3v) is 3.25. The number of nitrogens with zero attached hydrogens (tertiary/aromatic N) is 3. The third kappa shape index (κ3) is 4.41. The molecule has 0 aliphatic heterocycles. The van der Waals surface area contributed by atoms with Crippen LogP contribution in [-0.4, -0.2) is 26.9 Å². The fraction of sp³-hybridized carbons (Fsp3) is 0.118. The van der Waals surface area contributed by atoms with Crippen molar-refractivity contribution in [1.82, 2.24) is 15.1 Å². The van der Waals surface area contributed by atoms with Gasteiger partial charge in [0.15, 0.2) is 5.82 Å². The number of carbonyl (C=O) groups excluding carboxylic acids is 2. The molecule has 9 heteroatoms. The summed E-state index contributed by atoms with van der Waals surface area (Å²) in [5.41, 5.74) is 1.41. The van der Waals surface area contributed by atoms with E-state index in [0.29, 0.717) is 28.8 Å². The van der Waals surface area contributed by atoms with Gasteiger partial charge in [-0.2, -0.15) is 0 Å². The normalized spacial score (nSPS) is 10.2. The summed E-state index contributed by atoms with van der Waals surface area (Å²) >= 11 is 0. The van der Waals surface area contributed by atoms with Crippen molar-refractivity contribution in [3.63, 3.8) is 0 Å². The van der Waals surface area contributed by atoms with Gasteiger partial charge in [-0.3, -0.25) is 9.59 Å². The van der Waals surface area contributed by atoms with Crippen molar-refractivity contribution in [3.05, 3.63) is 54.2 Å². The van der Waals surface area contributed by atoms with Crippen LogP contribution in [0.25, 0.3) is 0 Å². The maximum absolute atomic E-state index is 12.4. The second-order valence-electron chi connectivity index (χ2n) is 5.45. The van der Waals surface area contributed by atoms with E-state index in [1.54, 1.807) is 37.3 Å². The van der Waals surface area contributed by atoms with E-state index < -0.39 is 0 Å². The largest absolute Gasteiger partial charge is 0.360 e. The number of benzene rings is 1. The Hall–Kier alpha value is -3.75. The van der Waals surface area contributed by atoms with E-state index in [2.05, 4.69) is 31.1 Å². The number of carbonyl (C=O) groups is 2. The Bertz CT molecular complexity index is 936. The molecular formula is C17H16N6O3. The van der Waals surface area contributed by atoms with Crippen molar-refractivity contribution in [3.8, 4) is 0 Å². The maximum Gasteiger partial charge on any atom is 0.274 e. The van der Waals surface area contributed by atoms with Gasteiger partial charge in [0, 0.05) is 30.4 Å². The van der Waals surface area contributed by atoms with Crippen LogP contribution in [0.1, 0.15) is 23.2 Å². The monoisotopic (exact) mass is 352 g/mol. The highest BCUT2D eigenvalue weighted by Gasteiger charge is 2.10. The lowest BCUT2D eigenvalue weighted by Gasteiger charge is -2.07. The van der Waals surface area contributed by atoms with Gasteiger partial charge in [0.25, 0.3) is 5.91 Å². The minimum absolute atomic E-state index is 0.162. The molecule has 3 aromatic rings. The Kier molecular flexibility index (Phi) is 4.88. The van der Waals surface area contributed by atoms with E-state index in [4.69, 9.17) is 4.52 Å². The van der Waals surface area contributed by atoms with Gasteiger partial charge in [-0.05, 0) is 31.2 Å². The minimum atomic E-state index is -0.390. The molecule has 9 nitrogen and oxygen atoms in total. The minimum Gasteiger partial charge on any atom is -0.360 e. The molecule has 0 aliphatic carbocycles. The first-order chi connectivity index (χ1) is 12.5. The van der Waals surface area contributed by atoms with Gasteiger partial charge in [0.05, 0.1) is 0 Å². The fourth-order valence-corrected chi connectivity index (χ4v) is 2.14.